The Labute approximate surface area is 173 Å². The van der Waals surface area contributed by atoms with Crippen LogP contribution in [-0.2, 0) is 19.8 Å². The zero-order chi connectivity index (χ0) is 27.3. The summed E-state index contributed by atoms with van der Waals surface area (Å²) >= 11 is 0.0575. The summed E-state index contributed by atoms with van der Waals surface area (Å²) in [5.41, 5.74) is -0.638. The molecule has 0 radical (unpaired) electrons. The number of aliphatic carboxylic acids is 1. The number of carboxylic acids is 1. The topological polar surface area (TPSA) is 162 Å². The van der Waals surface area contributed by atoms with Gasteiger partial charge < -0.3 is 20.4 Å². The van der Waals surface area contributed by atoms with Crippen LogP contribution in [0.4, 0.5) is 0 Å². The summed E-state index contributed by atoms with van der Waals surface area (Å²) in [6, 6.07) is -4.32. The number of rotatable bonds is 7. The molecule has 0 aromatic heterocycles. The summed E-state index contributed by atoms with van der Waals surface area (Å²) < 4.78 is 90.5. The Bertz CT molecular complexity index is 1120. The first-order chi connectivity index (χ1) is 15.5. The van der Waals surface area contributed by atoms with Crippen molar-refractivity contribution < 1.29 is 39.2 Å². The van der Waals surface area contributed by atoms with Crippen LogP contribution in [0.25, 0.3) is 0 Å². The predicted molar refractivity (Wildman–Crippen MR) is 98.5 cm³/mol. The van der Waals surface area contributed by atoms with Gasteiger partial charge in [0, 0.05) is 46.0 Å². The highest BCUT2D eigenvalue weighted by Crippen LogP contribution is 2.51. The number of fused-ring (bicyclic) bond motifs is 1. The molecule has 10 nitrogen and oxygen atoms in total. The van der Waals surface area contributed by atoms with Crippen LogP contribution in [0, 0.1) is 11.8 Å². The minimum atomic E-state index is -4.86. The molecule has 6 N–H and O–H groups in total. The molecule has 0 aromatic rings. The largest absolute Gasteiger partial charge is 0.477 e. The van der Waals surface area contributed by atoms with E-state index in [2.05, 4.69) is 0 Å². The van der Waals surface area contributed by atoms with E-state index in [0.29, 0.717) is 0 Å². The zero-order valence-electron chi connectivity index (χ0n) is 22.2. The molecule has 6 atom stereocenters. The van der Waals surface area contributed by atoms with Crippen molar-refractivity contribution in [2.75, 3.05) is 13.0 Å². The van der Waals surface area contributed by atoms with Crippen LogP contribution in [0.15, 0.2) is 10.6 Å². The molecule has 152 valence electrons. The van der Waals surface area contributed by atoms with Crippen molar-refractivity contribution >= 4 is 33.8 Å². The standard InChI is InChI=1S/C15H24N4O6S2/c1-6-11-10(7(2)20)14(21)19(11)12(15(22)23)13(6)26-9-3-8(17-5-9)4-18-27(16,24)25/h6-11,17-18,20H,3-5H2,1-2H3,(H,22,23)(H2,16,24,25)/t6-,7-,8+,9+,10?,11?/m1/s1/i3D2,4D2,5D2,8D,9D. The molecule has 3 rings (SSSR count). The Morgan fingerprint density at radius 3 is 2.89 bits per heavy atom. The number of hydrogen-bond donors (Lipinski definition) is 5. The molecular weight excluding hydrogens is 396 g/mol. The zero-order valence-corrected chi connectivity index (χ0v) is 15.8. The number of carbonyl (C=O) groups excluding carboxylic acids is 1. The van der Waals surface area contributed by atoms with Crippen molar-refractivity contribution in [2.45, 2.75) is 43.6 Å². The number of aliphatic hydroxyl groups excluding tert-OH is 1. The lowest BCUT2D eigenvalue weighted by Crippen LogP contribution is -2.63. The molecule has 1 amide bonds. The van der Waals surface area contributed by atoms with Gasteiger partial charge in [0.25, 0.3) is 10.2 Å². The molecule has 3 aliphatic heterocycles. The summed E-state index contributed by atoms with van der Waals surface area (Å²) in [6.07, 6.45) is -4.70. The summed E-state index contributed by atoms with van der Waals surface area (Å²) in [4.78, 5) is 25.1. The number of aliphatic hydroxyl groups is 1. The second-order valence-corrected chi connectivity index (χ2v) is 8.57. The van der Waals surface area contributed by atoms with E-state index in [9.17, 15) is 28.2 Å². The van der Waals surface area contributed by atoms with E-state index in [4.69, 9.17) is 16.1 Å². The van der Waals surface area contributed by atoms with Crippen molar-refractivity contribution in [1.29, 1.82) is 0 Å². The summed E-state index contributed by atoms with van der Waals surface area (Å²) in [6.45, 7) is -4.04. The van der Waals surface area contributed by atoms with Crippen molar-refractivity contribution in [3.63, 3.8) is 0 Å². The minimum absolute atomic E-state index is 0.0575. The summed E-state index contributed by atoms with van der Waals surface area (Å²) in [5.74, 6) is -4.23. The van der Waals surface area contributed by atoms with E-state index in [1.807, 2.05) is 0 Å². The monoisotopic (exact) mass is 428 g/mol. The molecule has 0 aliphatic carbocycles. The summed E-state index contributed by atoms with van der Waals surface area (Å²) in [7, 11) is -4.86. The quantitative estimate of drug-likeness (QED) is 0.303. The second-order valence-electron chi connectivity index (χ2n) is 6.23. The van der Waals surface area contributed by atoms with Crippen LogP contribution in [0.1, 0.15) is 31.2 Å². The molecular formula is C15H24N4O6S2. The Kier molecular flexibility index (Phi) is 3.37. The number of nitrogens with two attached hydrogens (primary N) is 1. The third-order valence-electron chi connectivity index (χ3n) is 4.38. The molecule has 3 aliphatic rings. The van der Waals surface area contributed by atoms with Gasteiger partial charge in [-0.25, -0.2) is 14.7 Å². The van der Waals surface area contributed by atoms with Gasteiger partial charge in [-0.05, 0) is 13.3 Å². The Morgan fingerprint density at radius 2 is 2.33 bits per heavy atom. The highest BCUT2D eigenvalue weighted by atomic mass is 32.2. The van der Waals surface area contributed by atoms with Crippen LogP contribution in [0.5, 0.6) is 0 Å². The summed E-state index contributed by atoms with van der Waals surface area (Å²) in [5, 5.41) is 23.0. The maximum atomic E-state index is 12.5. The van der Waals surface area contributed by atoms with Gasteiger partial charge in [-0.2, -0.15) is 8.42 Å². The first-order valence-electron chi connectivity index (χ1n) is 11.8. The Balaban J connectivity index is 2.13. The van der Waals surface area contributed by atoms with Gasteiger partial charge in [-0.3, -0.25) is 4.79 Å². The van der Waals surface area contributed by atoms with Crippen LogP contribution in [0.3, 0.4) is 0 Å². The fourth-order valence-electron chi connectivity index (χ4n) is 3.30. The van der Waals surface area contributed by atoms with Crippen molar-refractivity contribution in [2.24, 2.45) is 17.0 Å². The molecule has 12 heteroatoms. The number of hydrogen-bond acceptors (Lipinski definition) is 7. The van der Waals surface area contributed by atoms with Gasteiger partial charge in [-0.15, -0.1) is 11.8 Å². The van der Waals surface area contributed by atoms with Gasteiger partial charge in [-0.1, -0.05) is 6.92 Å². The van der Waals surface area contributed by atoms with Crippen molar-refractivity contribution in [3.8, 4) is 0 Å². The fourth-order valence-corrected chi connectivity index (χ4v) is 4.62. The van der Waals surface area contributed by atoms with E-state index < -0.39 is 82.4 Å². The smallest absolute Gasteiger partial charge is 0.353 e. The molecule has 2 unspecified atom stereocenters. The fraction of sp³-hybridized carbons (Fsp3) is 0.733. The van der Waals surface area contributed by atoms with E-state index in [1.165, 1.54) is 18.6 Å². The molecule has 0 bridgehead atoms. The number of nitrogens with zero attached hydrogens (tertiary/aromatic N) is 1. The SMILES string of the molecule is [2H]C([2H])(NS(N)(=O)=O)[C@@]1([2H])NC([2H])([2H])[C@@]([2H])(SC2=C(C(=O)O)N3C(=O)C([C@@H](C)O)C3[C@H]2C)C1([2H])[2H]. The van der Waals surface area contributed by atoms with E-state index in [0.717, 1.165) is 4.90 Å². The minimum Gasteiger partial charge on any atom is -0.477 e. The first-order valence-corrected chi connectivity index (χ1v) is 10.1. The lowest BCUT2D eigenvalue weighted by molar-refractivity contribution is -0.163. The Morgan fingerprint density at radius 1 is 1.67 bits per heavy atom. The third kappa shape index (κ3) is 3.87. The van der Waals surface area contributed by atoms with Gasteiger partial charge in [0.1, 0.15) is 5.70 Å². The number of carbonyl (C=O) groups is 2. The second kappa shape index (κ2) is 7.33. The maximum Gasteiger partial charge on any atom is 0.353 e. The van der Waals surface area contributed by atoms with Gasteiger partial charge in [0.15, 0.2) is 0 Å². The molecule has 2 saturated heterocycles. The first kappa shape index (κ1) is 12.4. The average molecular weight is 429 g/mol. The highest BCUT2D eigenvalue weighted by Gasteiger charge is 2.60. The van der Waals surface area contributed by atoms with Crippen LogP contribution < -0.4 is 15.2 Å². The third-order valence-corrected chi connectivity index (χ3v) is 5.96. The number of amides is 1. The average Bonchev–Trinajstić information content (AvgIpc) is 2.92. The van der Waals surface area contributed by atoms with E-state index >= 15 is 0 Å². The van der Waals surface area contributed by atoms with E-state index in [1.54, 1.807) is 5.32 Å². The lowest BCUT2D eigenvalue weighted by Gasteiger charge is -2.46. The van der Waals surface area contributed by atoms with Crippen LogP contribution in [0.2, 0.25) is 0 Å². The molecule has 3 heterocycles. The number of β-lactam (4-membered cyclic amide) rings is 1. The van der Waals surface area contributed by atoms with Crippen molar-refractivity contribution in [1.82, 2.24) is 14.9 Å². The number of thioether (sulfide) groups is 1. The van der Waals surface area contributed by atoms with Crippen LogP contribution >= 0.6 is 11.8 Å². The van der Waals surface area contributed by atoms with Crippen LogP contribution in [-0.4, -0.2) is 71.8 Å². The predicted octanol–water partition coefficient (Wildman–Crippen LogP) is -1.60. The maximum absolute atomic E-state index is 12.5. The molecule has 0 saturated carbocycles. The van der Waals surface area contributed by atoms with Crippen molar-refractivity contribution in [3.05, 3.63) is 10.6 Å². The number of nitrogens with one attached hydrogen (secondary N) is 2. The van der Waals surface area contributed by atoms with Gasteiger partial charge in [0.05, 0.1) is 18.1 Å². The molecule has 2 fully saturated rings. The highest BCUT2D eigenvalue weighted by molar-refractivity contribution is 8.03. The van der Waals surface area contributed by atoms with Gasteiger partial charge >= 0.3 is 5.97 Å². The van der Waals surface area contributed by atoms with E-state index in [-0.39, 0.29) is 16.7 Å². The normalized spacial score (nSPS) is 48.7. The van der Waals surface area contributed by atoms with Gasteiger partial charge in [0.2, 0.25) is 5.91 Å². The Hall–Kier alpha value is -1.18. The lowest BCUT2D eigenvalue weighted by atomic mass is 9.79. The molecule has 0 aromatic carbocycles. The number of carboxylic acid groups (broad SMARTS) is 1. The molecule has 27 heavy (non-hydrogen) atoms. The molecule has 0 spiro atoms.